The monoisotopic (exact) mass is 312 g/mol. The van der Waals surface area contributed by atoms with Crippen molar-refractivity contribution in [3.05, 3.63) is 27.3 Å². The first-order valence-electron chi connectivity index (χ1n) is 7.08. The summed E-state index contributed by atoms with van der Waals surface area (Å²) in [5.41, 5.74) is 1.35. The van der Waals surface area contributed by atoms with Gasteiger partial charge in [0.05, 0.1) is 15.6 Å². The number of nitrogens with zero attached hydrogens (tertiary/aromatic N) is 3. The van der Waals surface area contributed by atoms with Crippen molar-refractivity contribution in [3.8, 4) is 0 Å². The molecule has 1 aliphatic rings. The van der Waals surface area contributed by atoms with E-state index in [4.69, 9.17) is 11.6 Å². The van der Waals surface area contributed by atoms with E-state index >= 15 is 0 Å². The van der Waals surface area contributed by atoms with Gasteiger partial charge in [-0.15, -0.1) is 0 Å². The third-order valence-electron chi connectivity index (χ3n) is 3.92. The Hall–Kier alpha value is -1.53. The van der Waals surface area contributed by atoms with Crippen LogP contribution in [-0.2, 0) is 0 Å². The number of hydrogen-bond acceptors (Lipinski definition) is 5. The quantitative estimate of drug-likeness (QED) is 0.684. The van der Waals surface area contributed by atoms with Crippen LogP contribution in [0.5, 0.6) is 0 Å². The van der Waals surface area contributed by atoms with E-state index < -0.39 is 4.92 Å². The minimum atomic E-state index is -0.418. The Morgan fingerprint density at radius 2 is 1.90 bits per heavy atom. The van der Waals surface area contributed by atoms with Crippen LogP contribution in [0, 0.1) is 10.1 Å². The summed E-state index contributed by atoms with van der Waals surface area (Å²) < 4.78 is 0. The van der Waals surface area contributed by atoms with E-state index in [1.807, 2.05) is 0 Å². The normalized spacial score (nSPS) is 16.3. The maximum Gasteiger partial charge on any atom is 0.293 e. The van der Waals surface area contributed by atoms with Crippen LogP contribution in [0.3, 0.4) is 0 Å². The number of benzene rings is 1. The Balaban J connectivity index is 2.23. The van der Waals surface area contributed by atoms with Gasteiger partial charge in [0.1, 0.15) is 5.69 Å². The molecule has 1 aliphatic heterocycles. The smallest absolute Gasteiger partial charge is 0.293 e. The van der Waals surface area contributed by atoms with Gasteiger partial charge >= 0.3 is 0 Å². The van der Waals surface area contributed by atoms with Gasteiger partial charge in [0.25, 0.3) is 5.69 Å². The molecule has 0 atom stereocenters. The van der Waals surface area contributed by atoms with Gasteiger partial charge < -0.3 is 10.2 Å². The third-order valence-corrected chi connectivity index (χ3v) is 4.22. The van der Waals surface area contributed by atoms with Crippen LogP contribution in [-0.4, -0.2) is 49.1 Å². The van der Waals surface area contributed by atoms with Crippen LogP contribution in [0.4, 0.5) is 17.1 Å². The summed E-state index contributed by atoms with van der Waals surface area (Å²) in [6.45, 7) is 8.07. The summed E-state index contributed by atoms with van der Waals surface area (Å²) in [5, 5.41) is 14.3. The first kappa shape index (κ1) is 15.9. The van der Waals surface area contributed by atoms with Crippen molar-refractivity contribution >= 4 is 28.7 Å². The van der Waals surface area contributed by atoms with E-state index in [0.717, 1.165) is 31.9 Å². The van der Waals surface area contributed by atoms with Crippen LogP contribution < -0.4 is 10.2 Å². The Kier molecular flexibility index (Phi) is 4.90. The van der Waals surface area contributed by atoms with E-state index in [-0.39, 0.29) is 5.69 Å². The van der Waals surface area contributed by atoms with E-state index in [9.17, 15) is 10.1 Å². The molecule has 1 fully saturated rings. The minimum absolute atomic E-state index is 0.00654. The lowest BCUT2D eigenvalue weighted by atomic mass is 10.2. The topological polar surface area (TPSA) is 61.6 Å². The number of nitro benzene ring substituents is 1. The first-order valence-corrected chi connectivity index (χ1v) is 7.46. The number of rotatable bonds is 4. The lowest BCUT2D eigenvalue weighted by Crippen LogP contribution is -2.49. The molecule has 0 unspecified atom stereocenters. The third kappa shape index (κ3) is 3.39. The Morgan fingerprint density at radius 3 is 2.38 bits per heavy atom. The number of nitro groups is 1. The summed E-state index contributed by atoms with van der Waals surface area (Å²) in [6, 6.07) is 3.73. The molecule has 1 saturated heterocycles. The Labute approximate surface area is 129 Å². The van der Waals surface area contributed by atoms with Crippen molar-refractivity contribution in [2.75, 3.05) is 43.4 Å². The molecule has 21 heavy (non-hydrogen) atoms. The zero-order valence-corrected chi connectivity index (χ0v) is 13.4. The Bertz CT molecular complexity index is 528. The highest BCUT2D eigenvalue weighted by molar-refractivity contribution is 6.33. The van der Waals surface area contributed by atoms with Crippen molar-refractivity contribution < 1.29 is 4.92 Å². The fourth-order valence-electron chi connectivity index (χ4n) is 2.62. The van der Waals surface area contributed by atoms with E-state index in [2.05, 4.69) is 29.0 Å². The number of piperazine rings is 1. The maximum absolute atomic E-state index is 11.0. The van der Waals surface area contributed by atoms with Gasteiger partial charge in [-0.25, -0.2) is 0 Å². The predicted molar refractivity (Wildman–Crippen MR) is 86.6 cm³/mol. The van der Waals surface area contributed by atoms with Crippen molar-refractivity contribution in [2.24, 2.45) is 0 Å². The van der Waals surface area contributed by atoms with Gasteiger partial charge in [0, 0.05) is 45.3 Å². The fraction of sp³-hybridized carbons (Fsp3) is 0.571. The van der Waals surface area contributed by atoms with Gasteiger partial charge in [-0.05, 0) is 19.9 Å². The van der Waals surface area contributed by atoms with Crippen molar-refractivity contribution in [1.82, 2.24) is 4.90 Å². The number of hydrogen-bond donors (Lipinski definition) is 1. The second-order valence-electron chi connectivity index (χ2n) is 5.44. The average molecular weight is 313 g/mol. The number of nitrogens with one attached hydrogen (secondary N) is 1. The van der Waals surface area contributed by atoms with Gasteiger partial charge in [-0.2, -0.15) is 0 Å². The van der Waals surface area contributed by atoms with Crippen LogP contribution in [0.2, 0.25) is 5.02 Å². The maximum atomic E-state index is 11.0. The van der Waals surface area contributed by atoms with E-state index in [0.29, 0.717) is 16.8 Å². The lowest BCUT2D eigenvalue weighted by Gasteiger charge is -2.38. The molecule has 116 valence electrons. The van der Waals surface area contributed by atoms with Crippen molar-refractivity contribution in [1.29, 1.82) is 0 Å². The summed E-state index contributed by atoms with van der Waals surface area (Å²) in [7, 11) is 1.68. The summed E-state index contributed by atoms with van der Waals surface area (Å²) in [4.78, 5) is 15.2. The SMILES string of the molecule is CNc1cc(N2CCN(C(C)C)CC2)c(Cl)cc1[N+](=O)[O-]. The molecule has 1 aromatic carbocycles. The highest BCUT2D eigenvalue weighted by atomic mass is 35.5. The van der Waals surface area contributed by atoms with Gasteiger partial charge in [-0.1, -0.05) is 11.6 Å². The summed E-state index contributed by atoms with van der Waals surface area (Å²) >= 11 is 6.25. The molecule has 0 saturated carbocycles. The molecular weight excluding hydrogens is 292 g/mol. The van der Waals surface area contributed by atoms with Crippen LogP contribution in [0.25, 0.3) is 0 Å². The number of anilines is 2. The number of halogens is 1. The first-order chi connectivity index (χ1) is 9.93. The summed E-state index contributed by atoms with van der Waals surface area (Å²) in [6.07, 6.45) is 0. The standard InChI is InChI=1S/C14H21ClN4O2/c1-10(2)17-4-6-18(7-5-17)13-9-12(16-3)14(19(20)21)8-11(13)15/h8-10,16H,4-7H2,1-3H3. The molecule has 0 spiro atoms. The van der Waals surface area contributed by atoms with Gasteiger partial charge in [0.2, 0.25) is 0 Å². The lowest BCUT2D eigenvalue weighted by molar-refractivity contribution is -0.383. The van der Waals surface area contributed by atoms with Gasteiger partial charge in [0.15, 0.2) is 0 Å². The molecule has 0 aliphatic carbocycles. The molecule has 0 bridgehead atoms. The van der Waals surface area contributed by atoms with Crippen LogP contribution >= 0.6 is 11.6 Å². The minimum Gasteiger partial charge on any atom is -0.383 e. The molecular formula is C14H21ClN4O2. The zero-order chi connectivity index (χ0) is 15.6. The molecule has 1 N–H and O–H groups in total. The Morgan fingerprint density at radius 1 is 1.29 bits per heavy atom. The highest BCUT2D eigenvalue weighted by Crippen LogP contribution is 2.36. The molecule has 6 nitrogen and oxygen atoms in total. The average Bonchev–Trinajstić information content (AvgIpc) is 2.47. The molecule has 1 aromatic rings. The summed E-state index contributed by atoms with van der Waals surface area (Å²) in [5.74, 6) is 0. The zero-order valence-electron chi connectivity index (χ0n) is 12.6. The van der Waals surface area contributed by atoms with Crippen LogP contribution in [0.15, 0.2) is 12.1 Å². The van der Waals surface area contributed by atoms with Crippen molar-refractivity contribution in [3.63, 3.8) is 0 Å². The van der Waals surface area contributed by atoms with E-state index in [1.165, 1.54) is 6.07 Å². The van der Waals surface area contributed by atoms with E-state index in [1.54, 1.807) is 13.1 Å². The molecule has 7 heteroatoms. The van der Waals surface area contributed by atoms with Gasteiger partial charge in [-0.3, -0.25) is 15.0 Å². The fourth-order valence-corrected chi connectivity index (χ4v) is 2.90. The second-order valence-corrected chi connectivity index (χ2v) is 5.85. The highest BCUT2D eigenvalue weighted by Gasteiger charge is 2.23. The largest absolute Gasteiger partial charge is 0.383 e. The molecule has 1 heterocycles. The predicted octanol–water partition coefficient (Wildman–Crippen LogP) is 2.82. The molecule has 0 aromatic heterocycles. The van der Waals surface area contributed by atoms with Crippen molar-refractivity contribution in [2.45, 2.75) is 19.9 Å². The van der Waals surface area contributed by atoms with Crippen LogP contribution in [0.1, 0.15) is 13.8 Å². The second kappa shape index (κ2) is 6.49. The molecule has 0 radical (unpaired) electrons. The molecule has 2 rings (SSSR count). The molecule has 0 amide bonds.